The molecule has 0 radical (unpaired) electrons. The van der Waals surface area contributed by atoms with Gasteiger partial charge in [-0.25, -0.2) is 4.39 Å². The molecule has 0 fully saturated rings. The molecule has 0 aliphatic rings. The van der Waals surface area contributed by atoms with E-state index < -0.39 is 0 Å². The molecule has 2 rings (SSSR count). The number of aromatic nitrogens is 2. The van der Waals surface area contributed by atoms with Crippen molar-refractivity contribution >= 4 is 0 Å². The van der Waals surface area contributed by atoms with Gasteiger partial charge in [0.1, 0.15) is 5.82 Å². The van der Waals surface area contributed by atoms with Gasteiger partial charge >= 0.3 is 0 Å². The first kappa shape index (κ1) is 14.7. The van der Waals surface area contributed by atoms with Crippen LogP contribution in [0, 0.1) is 5.82 Å². The van der Waals surface area contributed by atoms with Gasteiger partial charge in [-0.2, -0.15) is 5.10 Å². The van der Waals surface area contributed by atoms with Gasteiger partial charge in [-0.1, -0.05) is 19.1 Å². The number of halogens is 1. The van der Waals surface area contributed by atoms with Crippen LogP contribution < -0.4 is 5.73 Å². The van der Waals surface area contributed by atoms with Crippen LogP contribution in [0.3, 0.4) is 0 Å². The van der Waals surface area contributed by atoms with E-state index in [4.69, 9.17) is 5.73 Å². The van der Waals surface area contributed by atoms with Gasteiger partial charge < -0.3 is 5.73 Å². The third-order valence-electron chi connectivity index (χ3n) is 3.43. The summed E-state index contributed by atoms with van der Waals surface area (Å²) in [6.07, 6.45) is 2.37. The standard InChI is InChI=1S/C16H22FN3/c1-3-15-11-16(20(4-2)19-15)10-14(18)9-12-6-5-7-13(17)8-12/h5-8,11,14H,3-4,9-10,18H2,1-2H3. The number of benzene rings is 1. The van der Waals surface area contributed by atoms with Crippen LogP contribution in [0.5, 0.6) is 0 Å². The van der Waals surface area contributed by atoms with Gasteiger partial charge in [0, 0.05) is 24.7 Å². The molecule has 0 saturated carbocycles. The van der Waals surface area contributed by atoms with E-state index in [-0.39, 0.29) is 11.9 Å². The predicted molar refractivity (Wildman–Crippen MR) is 79.1 cm³/mol. The maximum Gasteiger partial charge on any atom is 0.123 e. The first-order valence-corrected chi connectivity index (χ1v) is 7.18. The number of nitrogens with zero attached hydrogens (tertiary/aromatic N) is 2. The normalized spacial score (nSPS) is 12.6. The summed E-state index contributed by atoms with van der Waals surface area (Å²) in [6.45, 7) is 5.02. The highest BCUT2D eigenvalue weighted by atomic mass is 19.1. The molecule has 108 valence electrons. The summed E-state index contributed by atoms with van der Waals surface area (Å²) in [6, 6.07) is 8.74. The lowest BCUT2D eigenvalue weighted by molar-refractivity contribution is 0.571. The zero-order valence-electron chi connectivity index (χ0n) is 12.1. The van der Waals surface area contributed by atoms with Crippen LogP contribution >= 0.6 is 0 Å². The van der Waals surface area contributed by atoms with E-state index in [2.05, 4.69) is 25.0 Å². The molecule has 1 heterocycles. The van der Waals surface area contributed by atoms with Crippen molar-refractivity contribution in [1.82, 2.24) is 9.78 Å². The Kier molecular flexibility index (Phi) is 4.90. The summed E-state index contributed by atoms with van der Waals surface area (Å²) >= 11 is 0. The number of rotatable bonds is 6. The van der Waals surface area contributed by atoms with Crippen molar-refractivity contribution in [2.45, 2.75) is 45.7 Å². The van der Waals surface area contributed by atoms with Crippen molar-refractivity contribution < 1.29 is 4.39 Å². The number of hydrogen-bond donors (Lipinski definition) is 1. The zero-order valence-corrected chi connectivity index (χ0v) is 12.1. The minimum Gasteiger partial charge on any atom is -0.327 e. The smallest absolute Gasteiger partial charge is 0.123 e. The van der Waals surface area contributed by atoms with E-state index in [1.165, 1.54) is 6.07 Å². The maximum absolute atomic E-state index is 13.2. The number of hydrogen-bond acceptors (Lipinski definition) is 2. The predicted octanol–water partition coefficient (Wildman–Crippen LogP) is 2.72. The van der Waals surface area contributed by atoms with E-state index in [0.29, 0.717) is 6.42 Å². The summed E-state index contributed by atoms with van der Waals surface area (Å²) in [5.41, 5.74) is 9.40. The molecule has 0 aliphatic heterocycles. The molecule has 1 aromatic carbocycles. The molecular formula is C16H22FN3. The fourth-order valence-electron chi connectivity index (χ4n) is 2.43. The lowest BCUT2D eigenvalue weighted by atomic mass is 10.0. The zero-order chi connectivity index (χ0) is 14.5. The van der Waals surface area contributed by atoms with Gasteiger partial charge in [-0.05, 0) is 43.5 Å². The highest BCUT2D eigenvalue weighted by Gasteiger charge is 2.11. The second-order valence-electron chi connectivity index (χ2n) is 5.09. The lowest BCUT2D eigenvalue weighted by Crippen LogP contribution is -2.26. The van der Waals surface area contributed by atoms with Crippen LogP contribution in [0.15, 0.2) is 30.3 Å². The third-order valence-corrected chi connectivity index (χ3v) is 3.43. The van der Waals surface area contributed by atoms with Crippen molar-refractivity contribution in [3.05, 3.63) is 53.1 Å². The van der Waals surface area contributed by atoms with E-state index in [1.54, 1.807) is 12.1 Å². The van der Waals surface area contributed by atoms with Gasteiger partial charge in [0.15, 0.2) is 0 Å². The lowest BCUT2D eigenvalue weighted by Gasteiger charge is -2.12. The fraction of sp³-hybridized carbons (Fsp3) is 0.438. The summed E-state index contributed by atoms with van der Waals surface area (Å²) in [7, 11) is 0. The summed E-state index contributed by atoms with van der Waals surface area (Å²) < 4.78 is 15.2. The van der Waals surface area contributed by atoms with Crippen LogP contribution in [0.25, 0.3) is 0 Å². The summed E-state index contributed by atoms with van der Waals surface area (Å²) in [4.78, 5) is 0. The summed E-state index contributed by atoms with van der Waals surface area (Å²) in [5, 5.41) is 4.52. The molecule has 0 saturated heterocycles. The van der Waals surface area contributed by atoms with E-state index in [9.17, 15) is 4.39 Å². The monoisotopic (exact) mass is 275 g/mol. The van der Waals surface area contributed by atoms with Crippen LogP contribution in [-0.2, 0) is 25.8 Å². The second kappa shape index (κ2) is 6.66. The number of aryl methyl sites for hydroxylation is 2. The van der Waals surface area contributed by atoms with Gasteiger partial charge in [0.2, 0.25) is 0 Å². The molecule has 2 N–H and O–H groups in total. The molecule has 1 unspecified atom stereocenters. The Morgan fingerprint density at radius 3 is 2.70 bits per heavy atom. The summed E-state index contributed by atoms with van der Waals surface area (Å²) in [5.74, 6) is -0.207. The molecular weight excluding hydrogens is 253 g/mol. The Balaban J connectivity index is 2.04. The quantitative estimate of drug-likeness (QED) is 0.881. The molecule has 20 heavy (non-hydrogen) atoms. The third kappa shape index (κ3) is 3.67. The average Bonchev–Trinajstić information content (AvgIpc) is 2.80. The van der Waals surface area contributed by atoms with Crippen molar-refractivity contribution in [2.24, 2.45) is 5.73 Å². The van der Waals surface area contributed by atoms with Crippen molar-refractivity contribution in [2.75, 3.05) is 0 Å². The molecule has 4 heteroatoms. The molecule has 0 bridgehead atoms. The van der Waals surface area contributed by atoms with E-state index in [0.717, 1.165) is 36.3 Å². The van der Waals surface area contributed by atoms with Crippen LogP contribution in [-0.4, -0.2) is 15.8 Å². The van der Waals surface area contributed by atoms with Gasteiger partial charge in [0.25, 0.3) is 0 Å². The Hall–Kier alpha value is -1.68. The Morgan fingerprint density at radius 1 is 1.25 bits per heavy atom. The SMILES string of the molecule is CCc1cc(CC(N)Cc2cccc(F)c2)n(CC)n1. The van der Waals surface area contributed by atoms with Gasteiger partial charge in [0.05, 0.1) is 5.69 Å². The van der Waals surface area contributed by atoms with Gasteiger partial charge in [-0.3, -0.25) is 4.68 Å². The van der Waals surface area contributed by atoms with Crippen LogP contribution in [0.2, 0.25) is 0 Å². The molecule has 0 aliphatic carbocycles. The fourth-order valence-corrected chi connectivity index (χ4v) is 2.43. The topological polar surface area (TPSA) is 43.8 Å². The molecule has 3 nitrogen and oxygen atoms in total. The number of nitrogens with two attached hydrogens (primary N) is 1. The highest BCUT2D eigenvalue weighted by Crippen LogP contribution is 2.11. The first-order chi connectivity index (χ1) is 9.62. The Labute approximate surface area is 119 Å². The van der Waals surface area contributed by atoms with Crippen LogP contribution in [0.4, 0.5) is 4.39 Å². The maximum atomic E-state index is 13.2. The van der Waals surface area contributed by atoms with Crippen molar-refractivity contribution in [3.63, 3.8) is 0 Å². The highest BCUT2D eigenvalue weighted by molar-refractivity contribution is 5.19. The second-order valence-corrected chi connectivity index (χ2v) is 5.09. The average molecular weight is 275 g/mol. The Bertz CT molecular complexity index is 563. The van der Waals surface area contributed by atoms with Crippen molar-refractivity contribution in [3.8, 4) is 0 Å². The largest absolute Gasteiger partial charge is 0.327 e. The van der Waals surface area contributed by atoms with E-state index in [1.807, 2.05) is 10.7 Å². The van der Waals surface area contributed by atoms with Crippen molar-refractivity contribution in [1.29, 1.82) is 0 Å². The molecule has 1 atom stereocenters. The van der Waals surface area contributed by atoms with Gasteiger partial charge in [-0.15, -0.1) is 0 Å². The van der Waals surface area contributed by atoms with E-state index >= 15 is 0 Å². The molecule has 2 aromatic rings. The minimum absolute atomic E-state index is 0.0245. The van der Waals surface area contributed by atoms with Crippen LogP contribution in [0.1, 0.15) is 30.8 Å². The minimum atomic E-state index is -0.207. The Morgan fingerprint density at radius 2 is 2.05 bits per heavy atom. The molecule has 0 amide bonds. The molecule has 0 spiro atoms. The first-order valence-electron chi connectivity index (χ1n) is 7.18. The molecule has 1 aromatic heterocycles.